The number of esters is 1. The van der Waals surface area contributed by atoms with Gasteiger partial charge >= 0.3 is 5.97 Å². The van der Waals surface area contributed by atoms with Crippen LogP contribution in [0.4, 0.5) is 0 Å². The van der Waals surface area contributed by atoms with Gasteiger partial charge in [0.2, 0.25) is 12.0 Å². The molecule has 0 saturated heterocycles. The fourth-order valence-corrected chi connectivity index (χ4v) is 3.69. The number of hydrogen-bond acceptors (Lipinski definition) is 5. The second-order valence-electron chi connectivity index (χ2n) is 8.75. The zero-order valence-electron chi connectivity index (χ0n) is 19.1. The van der Waals surface area contributed by atoms with Crippen LogP contribution in [-0.2, 0) is 14.9 Å². The number of hydrogen-bond donors (Lipinski definition) is 0. The van der Waals surface area contributed by atoms with Crippen LogP contribution in [0.3, 0.4) is 0 Å². The van der Waals surface area contributed by atoms with Crippen molar-refractivity contribution in [1.82, 2.24) is 4.98 Å². The van der Waals surface area contributed by atoms with E-state index in [1.54, 1.807) is 25.1 Å². The maximum Gasteiger partial charge on any atom is 0.352 e. The van der Waals surface area contributed by atoms with Crippen LogP contribution in [0.5, 0.6) is 5.75 Å². The molecule has 1 aromatic heterocycles. The van der Waals surface area contributed by atoms with Gasteiger partial charge in [-0.15, -0.1) is 0 Å². The first kappa shape index (κ1) is 22.9. The minimum Gasteiger partial charge on any atom is -0.473 e. The molecule has 0 spiro atoms. The fraction of sp³-hybridized carbons (Fsp3) is 0.259. The number of fused-ring (bicyclic) bond motifs is 1. The number of ether oxygens (including phenoxy) is 2. The second kappa shape index (κ2) is 9.28. The Morgan fingerprint density at radius 2 is 1.79 bits per heavy atom. The van der Waals surface area contributed by atoms with E-state index >= 15 is 0 Å². The van der Waals surface area contributed by atoms with Crippen LogP contribution in [-0.4, -0.2) is 17.6 Å². The smallest absolute Gasteiger partial charge is 0.352 e. The normalized spacial score (nSPS) is 12.5. The number of benzene rings is 3. The molecule has 0 aliphatic carbocycles. The quantitative estimate of drug-likeness (QED) is 0.284. The van der Waals surface area contributed by atoms with Crippen LogP contribution in [0, 0.1) is 0 Å². The average molecular weight is 464 g/mol. The Morgan fingerprint density at radius 1 is 1.06 bits per heavy atom. The van der Waals surface area contributed by atoms with Crippen molar-refractivity contribution >= 4 is 28.7 Å². The van der Waals surface area contributed by atoms with Gasteiger partial charge in [-0.2, -0.15) is 0 Å². The summed E-state index contributed by atoms with van der Waals surface area (Å²) in [5, 5.41) is 0.502. The summed E-state index contributed by atoms with van der Waals surface area (Å²) in [6.45, 7) is 8.44. The molecule has 6 heteroatoms. The molecule has 0 radical (unpaired) electrons. The summed E-state index contributed by atoms with van der Waals surface area (Å²) < 4.78 is 17.5. The van der Waals surface area contributed by atoms with Crippen LogP contribution < -0.4 is 4.74 Å². The number of carbonyl (C=O) groups excluding carboxylic acids is 1. The molecule has 0 saturated carbocycles. The molecule has 5 nitrogen and oxygen atoms in total. The molecule has 0 amide bonds. The van der Waals surface area contributed by atoms with E-state index in [2.05, 4.69) is 25.8 Å². The Bertz CT molecular complexity index is 1240. The van der Waals surface area contributed by atoms with Gasteiger partial charge in [-0.05, 0) is 48.2 Å². The van der Waals surface area contributed by atoms with Crippen LogP contribution in [0.2, 0.25) is 5.02 Å². The van der Waals surface area contributed by atoms with E-state index in [1.807, 2.05) is 48.5 Å². The molecule has 33 heavy (non-hydrogen) atoms. The van der Waals surface area contributed by atoms with E-state index in [1.165, 1.54) is 0 Å². The molecule has 1 heterocycles. The number of rotatable bonds is 6. The predicted octanol–water partition coefficient (Wildman–Crippen LogP) is 7.13. The number of carbonyl (C=O) groups is 1. The number of aromatic nitrogens is 1. The zero-order chi connectivity index (χ0) is 23.6. The monoisotopic (exact) mass is 463 g/mol. The summed E-state index contributed by atoms with van der Waals surface area (Å²) in [5.41, 5.74) is 3.78. The molecule has 1 atom stereocenters. The molecular formula is C27H26ClNO4. The predicted molar refractivity (Wildman–Crippen MR) is 130 cm³/mol. The zero-order valence-corrected chi connectivity index (χ0v) is 19.8. The van der Waals surface area contributed by atoms with E-state index in [9.17, 15) is 4.79 Å². The van der Waals surface area contributed by atoms with Gasteiger partial charge in [0, 0.05) is 10.6 Å². The topological polar surface area (TPSA) is 61.6 Å². The van der Waals surface area contributed by atoms with E-state index < -0.39 is 12.1 Å². The van der Waals surface area contributed by atoms with Crippen molar-refractivity contribution < 1.29 is 18.7 Å². The average Bonchev–Trinajstić information content (AvgIpc) is 3.22. The maximum absolute atomic E-state index is 12.9. The minimum absolute atomic E-state index is 0.00484. The molecule has 0 aliphatic heterocycles. The number of nitrogens with zero attached hydrogens (tertiary/aromatic N) is 1. The summed E-state index contributed by atoms with van der Waals surface area (Å²) in [5.74, 6) is 0.308. The van der Waals surface area contributed by atoms with Crippen molar-refractivity contribution in [3.05, 3.63) is 82.9 Å². The fourth-order valence-electron chi connectivity index (χ4n) is 3.51. The molecule has 0 N–H and O–H groups in total. The SMILES string of the molecule is CCOC(=O)C(Oc1ccc(Cl)cc1-c1nc2ccccc2o1)c1ccc(C(C)(C)C)cc1. The van der Waals surface area contributed by atoms with Gasteiger partial charge in [0.05, 0.1) is 12.2 Å². The summed E-state index contributed by atoms with van der Waals surface area (Å²) in [4.78, 5) is 17.4. The van der Waals surface area contributed by atoms with Gasteiger partial charge < -0.3 is 13.9 Å². The third-order valence-electron chi connectivity index (χ3n) is 5.29. The maximum atomic E-state index is 12.9. The largest absolute Gasteiger partial charge is 0.473 e. The van der Waals surface area contributed by atoms with Crippen LogP contribution >= 0.6 is 11.6 Å². The molecule has 0 fully saturated rings. The molecule has 3 aromatic carbocycles. The lowest BCUT2D eigenvalue weighted by Crippen LogP contribution is -2.22. The highest BCUT2D eigenvalue weighted by Crippen LogP contribution is 2.37. The van der Waals surface area contributed by atoms with Crippen molar-refractivity contribution in [2.75, 3.05) is 6.61 Å². The van der Waals surface area contributed by atoms with Crippen molar-refractivity contribution in [1.29, 1.82) is 0 Å². The van der Waals surface area contributed by atoms with Crippen molar-refractivity contribution in [2.24, 2.45) is 0 Å². The molecule has 4 aromatic rings. The minimum atomic E-state index is -0.955. The second-order valence-corrected chi connectivity index (χ2v) is 9.19. The summed E-state index contributed by atoms with van der Waals surface area (Å²) >= 11 is 6.27. The molecule has 1 unspecified atom stereocenters. The van der Waals surface area contributed by atoms with E-state index in [0.717, 1.165) is 11.1 Å². The Labute approximate surface area is 198 Å². The Hall–Kier alpha value is -3.31. The third kappa shape index (κ3) is 5.04. The Balaban J connectivity index is 1.74. The Morgan fingerprint density at radius 3 is 2.45 bits per heavy atom. The van der Waals surface area contributed by atoms with Gasteiger partial charge in [-0.3, -0.25) is 0 Å². The van der Waals surface area contributed by atoms with Gasteiger partial charge in [0.25, 0.3) is 0 Å². The van der Waals surface area contributed by atoms with Gasteiger partial charge in [0.1, 0.15) is 11.3 Å². The summed E-state index contributed by atoms with van der Waals surface area (Å²) in [6.07, 6.45) is -0.955. The third-order valence-corrected chi connectivity index (χ3v) is 5.53. The number of oxazole rings is 1. The highest BCUT2D eigenvalue weighted by atomic mass is 35.5. The van der Waals surface area contributed by atoms with Crippen molar-refractivity contribution in [2.45, 2.75) is 39.2 Å². The molecule has 170 valence electrons. The summed E-state index contributed by atoms with van der Waals surface area (Å²) in [7, 11) is 0. The van der Waals surface area contributed by atoms with E-state index in [0.29, 0.717) is 33.4 Å². The first-order valence-electron chi connectivity index (χ1n) is 10.9. The van der Waals surface area contributed by atoms with Crippen molar-refractivity contribution in [3.63, 3.8) is 0 Å². The molecule has 0 bridgehead atoms. The van der Waals surface area contributed by atoms with Crippen LogP contribution in [0.25, 0.3) is 22.6 Å². The van der Waals surface area contributed by atoms with E-state index in [-0.39, 0.29) is 12.0 Å². The van der Waals surface area contributed by atoms with Crippen LogP contribution in [0.1, 0.15) is 44.9 Å². The Kier molecular flexibility index (Phi) is 6.43. The van der Waals surface area contributed by atoms with Crippen molar-refractivity contribution in [3.8, 4) is 17.2 Å². The van der Waals surface area contributed by atoms with Crippen LogP contribution in [0.15, 0.2) is 71.1 Å². The number of halogens is 1. The van der Waals surface area contributed by atoms with Gasteiger partial charge in [0.15, 0.2) is 5.58 Å². The van der Waals surface area contributed by atoms with Gasteiger partial charge in [-0.25, -0.2) is 9.78 Å². The highest BCUT2D eigenvalue weighted by molar-refractivity contribution is 6.30. The molecular weight excluding hydrogens is 438 g/mol. The molecule has 0 aliphatic rings. The first-order chi connectivity index (χ1) is 15.8. The molecule has 4 rings (SSSR count). The first-order valence-corrected chi connectivity index (χ1v) is 11.2. The highest BCUT2D eigenvalue weighted by Gasteiger charge is 2.27. The number of para-hydroxylation sites is 2. The lowest BCUT2D eigenvalue weighted by Gasteiger charge is -2.22. The standard InChI is InChI=1S/C27H26ClNO4/c1-5-31-26(30)24(17-10-12-18(13-11-17)27(2,3)4)32-22-15-14-19(28)16-20(22)25-29-21-8-6-7-9-23(21)33-25/h6-16,24H,5H2,1-4H3. The van der Waals surface area contributed by atoms with Gasteiger partial charge in [-0.1, -0.05) is 68.8 Å². The van der Waals surface area contributed by atoms with E-state index in [4.69, 9.17) is 25.5 Å². The lowest BCUT2D eigenvalue weighted by atomic mass is 9.86. The summed E-state index contributed by atoms with van der Waals surface area (Å²) in [6, 6.07) is 20.4. The lowest BCUT2D eigenvalue weighted by molar-refractivity contribution is -0.151.